The van der Waals surface area contributed by atoms with Crippen LogP contribution in [0.2, 0.25) is 5.02 Å². The van der Waals surface area contributed by atoms with Crippen molar-refractivity contribution in [3.63, 3.8) is 0 Å². The third-order valence-electron chi connectivity index (χ3n) is 2.98. The summed E-state index contributed by atoms with van der Waals surface area (Å²) in [5.74, 6) is -0.909. The van der Waals surface area contributed by atoms with E-state index in [-0.39, 0.29) is 17.3 Å². The highest BCUT2D eigenvalue weighted by atomic mass is 35.5. The van der Waals surface area contributed by atoms with Crippen molar-refractivity contribution in [2.75, 3.05) is 5.73 Å². The molecule has 2 aromatic carbocycles. The van der Waals surface area contributed by atoms with E-state index < -0.39 is 11.7 Å². The first-order valence-corrected chi connectivity index (χ1v) is 6.46. The van der Waals surface area contributed by atoms with Gasteiger partial charge in [-0.05, 0) is 42.8 Å². The van der Waals surface area contributed by atoms with Gasteiger partial charge in [-0.15, -0.1) is 0 Å². The SMILES string of the molecule is C[C@@H](NC(=O)c1cc(F)ccc1N)c1ccc(Cl)cc1. The maximum Gasteiger partial charge on any atom is 0.253 e. The molecule has 2 aromatic rings. The summed E-state index contributed by atoms with van der Waals surface area (Å²) >= 11 is 5.81. The minimum atomic E-state index is -0.497. The summed E-state index contributed by atoms with van der Waals surface area (Å²) in [5, 5.41) is 3.40. The Morgan fingerprint density at radius 2 is 1.90 bits per heavy atom. The number of anilines is 1. The van der Waals surface area contributed by atoms with Crippen molar-refractivity contribution in [1.29, 1.82) is 0 Å². The number of hydrogen-bond acceptors (Lipinski definition) is 2. The van der Waals surface area contributed by atoms with Gasteiger partial charge in [-0.2, -0.15) is 0 Å². The van der Waals surface area contributed by atoms with Crippen molar-refractivity contribution < 1.29 is 9.18 Å². The first kappa shape index (κ1) is 14.3. The lowest BCUT2D eigenvalue weighted by atomic mass is 10.1. The average Bonchev–Trinajstić information content (AvgIpc) is 2.42. The summed E-state index contributed by atoms with van der Waals surface area (Å²) in [4.78, 5) is 12.1. The van der Waals surface area contributed by atoms with Crippen LogP contribution >= 0.6 is 11.6 Å². The number of benzene rings is 2. The van der Waals surface area contributed by atoms with Gasteiger partial charge in [-0.1, -0.05) is 23.7 Å². The van der Waals surface area contributed by atoms with Gasteiger partial charge in [-0.25, -0.2) is 4.39 Å². The number of rotatable bonds is 3. The molecule has 0 aliphatic heterocycles. The van der Waals surface area contributed by atoms with Crippen LogP contribution in [0.3, 0.4) is 0 Å². The second-order valence-corrected chi connectivity index (χ2v) is 4.91. The van der Waals surface area contributed by atoms with Crippen LogP contribution in [-0.2, 0) is 0 Å². The minimum Gasteiger partial charge on any atom is -0.398 e. The Bertz CT molecular complexity index is 628. The fourth-order valence-electron chi connectivity index (χ4n) is 1.83. The van der Waals surface area contributed by atoms with Crippen molar-refractivity contribution in [1.82, 2.24) is 5.32 Å². The molecule has 0 spiro atoms. The maximum absolute atomic E-state index is 13.2. The van der Waals surface area contributed by atoms with E-state index in [0.717, 1.165) is 11.6 Å². The zero-order valence-corrected chi connectivity index (χ0v) is 11.6. The fourth-order valence-corrected chi connectivity index (χ4v) is 1.96. The Balaban J connectivity index is 2.15. The zero-order chi connectivity index (χ0) is 14.7. The molecular formula is C15H14ClFN2O. The fraction of sp³-hybridized carbons (Fsp3) is 0.133. The van der Waals surface area contributed by atoms with E-state index in [4.69, 9.17) is 17.3 Å². The van der Waals surface area contributed by atoms with E-state index in [1.165, 1.54) is 12.1 Å². The molecule has 1 amide bonds. The highest BCUT2D eigenvalue weighted by molar-refractivity contribution is 6.30. The Morgan fingerprint density at radius 3 is 2.55 bits per heavy atom. The van der Waals surface area contributed by atoms with Crippen molar-refractivity contribution in [2.45, 2.75) is 13.0 Å². The number of amides is 1. The van der Waals surface area contributed by atoms with Crippen molar-refractivity contribution in [3.8, 4) is 0 Å². The van der Waals surface area contributed by atoms with E-state index in [9.17, 15) is 9.18 Å². The van der Waals surface area contributed by atoms with Crippen molar-refractivity contribution >= 4 is 23.2 Å². The van der Waals surface area contributed by atoms with Crippen LogP contribution in [0.5, 0.6) is 0 Å². The second kappa shape index (κ2) is 5.92. The predicted octanol–water partition coefficient (Wildman–Crippen LogP) is 3.55. The van der Waals surface area contributed by atoms with Crippen LogP contribution < -0.4 is 11.1 Å². The number of nitrogens with two attached hydrogens (primary N) is 1. The Hall–Kier alpha value is -2.07. The first-order valence-electron chi connectivity index (χ1n) is 6.08. The molecule has 3 nitrogen and oxygen atoms in total. The largest absolute Gasteiger partial charge is 0.398 e. The topological polar surface area (TPSA) is 55.1 Å². The molecule has 0 fully saturated rings. The van der Waals surface area contributed by atoms with Gasteiger partial charge in [0.2, 0.25) is 0 Å². The molecule has 0 aliphatic rings. The predicted molar refractivity (Wildman–Crippen MR) is 78.1 cm³/mol. The number of hydrogen-bond donors (Lipinski definition) is 2. The summed E-state index contributed by atoms with van der Waals surface area (Å²) in [5.41, 5.74) is 6.95. The Morgan fingerprint density at radius 1 is 1.25 bits per heavy atom. The second-order valence-electron chi connectivity index (χ2n) is 4.48. The molecule has 0 aromatic heterocycles. The number of nitrogen functional groups attached to an aromatic ring is 1. The highest BCUT2D eigenvalue weighted by Gasteiger charge is 2.14. The summed E-state index contributed by atoms with van der Waals surface area (Å²) < 4.78 is 13.2. The van der Waals surface area contributed by atoms with E-state index in [1.54, 1.807) is 12.1 Å². The lowest BCUT2D eigenvalue weighted by Crippen LogP contribution is -2.27. The normalized spacial score (nSPS) is 11.9. The van der Waals surface area contributed by atoms with Crippen molar-refractivity contribution in [3.05, 3.63) is 64.4 Å². The molecule has 0 saturated heterocycles. The standard InChI is InChI=1S/C15H14ClFN2O/c1-9(10-2-4-11(16)5-3-10)19-15(20)13-8-12(17)6-7-14(13)18/h2-9H,18H2,1H3,(H,19,20)/t9-/m1/s1. The van der Waals surface area contributed by atoms with Crippen LogP contribution in [-0.4, -0.2) is 5.91 Å². The lowest BCUT2D eigenvalue weighted by molar-refractivity contribution is 0.0940. The molecule has 0 bridgehead atoms. The molecule has 1 atom stereocenters. The average molecular weight is 293 g/mol. The molecule has 104 valence electrons. The van der Waals surface area contributed by atoms with Gasteiger partial charge >= 0.3 is 0 Å². The van der Waals surface area contributed by atoms with E-state index in [2.05, 4.69) is 5.32 Å². The van der Waals surface area contributed by atoms with Gasteiger partial charge in [0.15, 0.2) is 0 Å². The number of carbonyl (C=O) groups is 1. The van der Waals surface area contributed by atoms with Gasteiger partial charge in [0.05, 0.1) is 11.6 Å². The number of halogens is 2. The quantitative estimate of drug-likeness (QED) is 0.850. The third kappa shape index (κ3) is 3.27. The monoisotopic (exact) mass is 292 g/mol. The molecular weight excluding hydrogens is 279 g/mol. The Kier molecular flexibility index (Phi) is 4.25. The molecule has 3 N–H and O–H groups in total. The van der Waals surface area contributed by atoms with Gasteiger partial charge in [-0.3, -0.25) is 4.79 Å². The van der Waals surface area contributed by atoms with Crippen LogP contribution in [0.15, 0.2) is 42.5 Å². The minimum absolute atomic E-state index is 0.130. The molecule has 0 unspecified atom stereocenters. The zero-order valence-electron chi connectivity index (χ0n) is 10.9. The maximum atomic E-state index is 13.2. The molecule has 0 aliphatic carbocycles. The smallest absolute Gasteiger partial charge is 0.253 e. The van der Waals surface area contributed by atoms with Crippen LogP contribution in [0.4, 0.5) is 10.1 Å². The van der Waals surface area contributed by atoms with Crippen LogP contribution in [0, 0.1) is 5.82 Å². The molecule has 2 rings (SSSR count). The number of carbonyl (C=O) groups excluding carboxylic acids is 1. The van der Waals surface area contributed by atoms with Gasteiger partial charge in [0.25, 0.3) is 5.91 Å². The first-order chi connectivity index (χ1) is 9.47. The highest BCUT2D eigenvalue weighted by Crippen LogP contribution is 2.18. The summed E-state index contributed by atoms with van der Waals surface area (Å²) in [7, 11) is 0. The molecule has 5 heteroatoms. The Labute approximate surface area is 121 Å². The van der Waals surface area contributed by atoms with Gasteiger partial charge in [0.1, 0.15) is 5.82 Å². The molecule has 20 heavy (non-hydrogen) atoms. The lowest BCUT2D eigenvalue weighted by Gasteiger charge is -2.15. The molecule has 0 radical (unpaired) electrons. The van der Waals surface area contributed by atoms with E-state index in [0.29, 0.717) is 5.02 Å². The van der Waals surface area contributed by atoms with Crippen molar-refractivity contribution in [2.24, 2.45) is 0 Å². The molecule has 0 heterocycles. The van der Waals surface area contributed by atoms with E-state index in [1.807, 2.05) is 19.1 Å². The molecule has 0 saturated carbocycles. The van der Waals surface area contributed by atoms with Crippen LogP contribution in [0.1, 0.15) is 28.9 Å². The van der Waals surface area contributed by atoms with E-state index >= 15 is 0 Å². The summed E-state index contributed by atoms with van der Waals surface area (Å²) in [6.45, 7) is 1.83. The third-order valence-corrected chi connectivity index (χ3v) is 3.23. The van der Waals surface area contributed by atoms with Gasteiger partial charge in [0, 0.05) is 10.7 Å². The summed E-state index contributed by atoms with van der Waals surface area (Å²) in [6, 6.07) is 10.6. The summed E-state index contributed by atoms with van der Waals surface area (Å²) in [6.07, 6.45) is 0. The van der Waals surface area contributed by atoms with Gasteiger partial charge < -0.3 is 11.1 Å². The van der Waals surface area contributed by atoms with Crippen LogP contribution in [0.25, 0.3) is 0 Å². The number of nitrogens with one attached hydrogen (secondary N) is 1.